The fraction of sp³-hybridized carbons (Fsp3) is 0.100. The van der Waals surface area contributed by atoms with Gasteiger partial charge in [0.1, 0.15) is 0 Å². The topological polar surface area (TPSA) is 89.3 Å². The summed E-state index contributed by atoms with van der Waals surface area (Å²) >= 11 is 0. The summed E-state index contributed by atoms with van der Waals surface area (Å²) in [6.07, 6.45) is 0.870. The summed E-state index contributed by atoms with van der Waals surface area (Å²) in [5.74, 6) is -0.800. The molecule has 0 fully saturated rings. The summed E-state index contributed by atoms with van der Waals surface area (Å²) in [7, 11) is -3.92. The molecule has 6 heteroatoms. The van der Waals surface area contributed by atoms with E-state index in [0.717, 1.165) is 6.08 Å². The van der Waals surface area contributed by atoms with Crippen LogP contribution >= 0.6 is 0 Å². The maximum Gasteiger partial charge on any atom is 0.256 e. The molecule has 1 unspecified atom stereocenters. The number of benzene rings is 1. The number of hydrogen-bond donors (Lipinski definition) is 2. The van der Waals surface area contributed by atoms with Gasteiger partial charge in [-0.2, -0.15) is 0 Å². The lowest BCUT2D eigenvalue weighted by atomic mass is 10.2. The molecule has 0 aromatic heterocycles. The molecule has 0 saturated heterocycles. The molecule has 1 aromatic carbocycles. The Hall–Kier alpha value is -1.66. The highest BCUT2D eigenvalue weighted by Crippen LogP contribution is 2.14. The van der Waals surface area contributed by atoms with Gasteiger partial charge >= 0.3 is 0 Å². The van der Waals surface area contributed by atoms with Gasteiger partial charge in [-0.15, -0.1) is 0 Å². The van der Waals surface area contributed by atoms with Gasteiger partial charge in [0, 0.05) is 0 Å². The van der Waals surface area contributed by atoms with Crippen LogP contribution in [0.3, 0.4) is 0 Å². The van der Waals surface area contributed by atoms with Crippen LogP contribution in [0, 0.1) is 0 Å². The van der Waals surface area contributed by atoms with Crippen molar-refractivity contribution in [1.29, 1.82) is 0 Å². The molecule has 0 saturated carbocycles. The van der Waals surface area contributed by atoms with E-state index in [1.807, 2.05) is 0 Å². The van der Waals surface area contributed by atoms with Crippen LogP contribution in [0.1, 0.15) is 10.9 Å². The second-order valence-corrected chi connectivity index (χ2v) is 4.85. The van der Waals surface area contributed by atoms with Gasteiger partial charge in [-0.1, -0.05) is 36.9 Å². The number of rotatable bonds is 4. The zero-order valence-corrected chi connectivity index (χ0v) is 9.28. The van der Waals surface area contributed by atoms with E-state index in [4.69, 9.17) is 5.73 Å². The standard InChI is InChI=1S/C10H12N2O3S/c1-2-9(13)12-16(14,15)10(11)8-6-4-3-5-7-8/h2-7,10H,1,11H2,(H,12,13). The summed E-state index contributed by atoms with van der Waals surface area (Å²) in [6, 6.07) is 8.22. The quantitative estimate of drug-likeness (QED) is 0.739. The van der Waals surface area contributed by atoms with Crippen LogP contribution in [-0.4, -0.2) is 14.3 Å². The minimum atomic E-state index is -3.92. The van der Waals surface area contributed by atoms with E-state index < -0.39 is 21.3 Å². The average molecular weight is 240 g/mol. The number of nitrogens with one attached hydrogen (secondary N) is 1. The summed E-state index contributed by atoms with van der Waals surface area (Å²) < 4.78 is 25.0. The van der Waals surface area contributed by atoms with Crippen molar-refractivity contribution in [2.45, 2.75) is 5.37 Å². The third-order valence-electron chi connectivity index (χ3n) is 1.89. The first-order valence-corrected chi connectivity index (χ1v) is 6.00. The number of hydrogen-bond acceptors (Lipinski definition) is 4. The largest absolute Gasteiger partial charge is 0.310 e. The molecule has 1 amide bonds. The van der Waals surface area contributed by atoms with Crippen molar-refractivity contribution >= 4 is 15.9 Å². The summed E-state index contributed by atoms with van der Waals surface area (Å²) in [5.41, 5.74) is 5.95. The third kappa shape index (κ3) is 2.91. The lowest BCUT2D eigenvalue weighted by Crippen LogP contribution is -2.36. The zero-order chi connectivity index (χ0) is 12.2. The van der Waals surface area contributed by atoms with E-state index in [9.17, 15) is 13.2 Å². The first-order chi connectivity index (χ1) is 7.47. The highest BCUT2D eigenvalue weighted by molar-refractivity contribution is 7.90. The molecule has 86 valence electrons. The average Bonchev–Trinajstić information content (AvgIpc) is 2.28. The highest BCUT2D eigenvalue weighted by atomic mass is 32.2. The Kier molecular flexibility index (Phi) is 3.81. The zero-order valence-electron chi connectivity index (χ0n) is 8.46. The summed E-state index contributed by atoms with van der Waals surface area (Å²) in [4.78, 5) is 10.9. The fourth-order valence-corrected chi connectivity index (χ4v) is 2.07. The summed E-state index contributed by atoms with van der Waals surface area (Å²) in [6.45, 7) is 3.16. The lowest BCUT2D eigenvalue weighted by Gasteiger charge is -2.12. The van der Waals surface area contributed by atoms with E-state index in [1.165, 1.54) is 0 Å². The van der Waals surface area contributed by atoms with Gasteiger partial charge in [-0.05, 0) is 11.6 Å². The minimum Gasteiger partial charge on any atom is -0.310 e. The molecule has 0 radical (unpaired) electrons. The first-order valence-electron chi connectivity index (χ1n) is 4.46. The van der Waals surface area contributed by atoms with E-state index >= 15 is 0 Å². The van der Waals surface area contributed by atoms with Crippen molar-refractivity contribution < 1.29 is 13.2 Å². The number of sulfonamides is 1. The predicted molar refractivity (Wildman–Crippen MR) is 60.6 cm³/mol. The molecule has 1 aromatic rings. The van der Waals surface area contributed by atoms with Crippen LogP contribution in [-0.2, 0) is 14.8 Å². The van der Waals surface area contributed by atoms with Crippen molar-refractivity contribution in [2.24, 2.45) is 5.73 Å². The molecule has 0 aliphatic carbocycles. The van der Waals surface area contributed by atoms with Gasteiger partial charge in [0.2, 0.25) is 0 Å². The number of carbonyl (C=O) groups is 1. The Bertz CT molecular complexity index is 482. The minimum absolute atomic E-state index is 0.409. The Morgan fingerprint density at radius 3 is 2.44 bits per heavy atom. The molecule has 5 nitrogen and oxygen atoms in total. The van der Waals surface area contributed by atoms with E-state index in [1.54, 1.807) is 35.1 Å². The molecule has 0 bridgehead atoms. The molecule has 3 N–H and O–H groups in total. The molecule has 0 aliphatic rings. The molecule has 1 atom stereocenters. The normalized spacial score (nSPS) is 12.8. The Morgan fingerprint density at radius 2 is 1.94 bits per heavy atom. The fourth-order valence-electron chi connectivity index (χ4n) is 1.07. The summed E-state index contributed by atoms with van der Waals surface area (Å²) in [5, 5.41) is -1.28. The van der Waals surface area contributed by atoms with E-state index in [0.29, 0.717) is 5.56 Å². The maximum atomic E-state index is 11.6. The highest BCUT2D eigenvalue weighted by Gasteiger charge is 2.23. The molecule has 16 heavy (non-hydrogen) atoms. The number of amides is 1. The van der Waals surface area contributed by atoms with Crippen molar-refractivity contribution in [3.63, 3.8) is 0 Å². The van der Waals surface area contributed by atoms with Gasteiger partial charge < -0.3 is 5.73 Å². The Balaban J connectivity index is 2.93. The third-order valence-corrected chi connectivity index (χ3v) is 3.32. The van der Waals surface area contributed by atoms with Crippen LogP contribution in [0.2, 0.25) is 0 Å². The molecule has 0 spiro atoms. The number of carbonyl (C=O) groups excluding carboxylic acids is 1. The molecule has 1 rings (SSSR count). The van der Waals surface area contributed by atoms with Crippen LogP contribution in [0.15, 0.2) is 43.0 Å². The van der Waals surface area contributed by atoms with Crippen molar-refractivity contribution in [2.75, 3.05) is 0 Å². The van der Waals surface area contributed by atoms with Crippen molar-refractivity contribution in [3.05, 3.63) is 48.6 Å². The van der Waals surface area contributed by atoms with Gasteiger partial charge in [0.05, 0.1) is 0 Å². The molecule has 0 aliphatic heterocycles. The Labute approximate surface area is 94.0 Å². The van der Waals surface area contributed by atoms with Crippen LogP contribution < -0.4 is 10.5 Å². The van der Waals surface area contributed by atoms with Crippen LogP contribution in [0.25, 0.3) is 0 Å². The van der Waals surface area contributed by atoms with Gasteiger partial charge in [-0.25, -0.2) is 13.1 Å². The smallest absolute Gasteiger partial charge is 0.256 e. The predicted octanol–water partition coefficient (Wildman–Crippen LogP) is 0.276. The van der Waals surface area contributed by atoms with Crippen molar-refractivity contribution in [1.82, 2.24) is 4.72 Å². The second-order valence-electron chi connectivity index (χ2n) is 3.05. The monoisotopic (exact) mass is 240 g/mol. The van der Waals surface area contributed by atoms with Crippen LogP contribution in [0.4, 0.5) is 0 Å². The maximum absolute atomic E-state index is 11.6. The van der Waals surface area contributed by atoms with Gasteiger partial charge in [0.15, 0.2) is 5.37 Å². The van der Waals surface area contributed by atoms with E-state index in [-0.39, 0.29) is 0 Å². The van der Waals surface area contributed by atoms with Crippen molar-refractivity contribution in [3.8, 4) is 0 Å². The molecule has 0 heterocycles. The van der Waals surface area contributed by atoms with E-state index in [2.05, 4.69) is 6.58 Å². The second kappa shape index (κ2) is 4.91. The lowest BCUT2D eigenvalue weighted by molar-refractivity contribution is -0.114. The number of nitrogens with two attached hydrogens (primary N) is 1. The SMILES string of the molecule is C=CC(=O)NS(=O)(=O)C(N)c1ccccc1. The molecular formula is C10H12N2O3S. The first kappa shape index (κ1) is 12.4. The Morgan fingerprint density at radius 1 is 1.38 bits per heavy atom. The molecular weight excluding hydrogens is 228 g/mol. The van der Waals surface area contributed by atoms with Crippen LogP contribution in [0.5, 0.6) is 0 Å². The van der Waals surface area contributed by atoms with Gasteiger partial charge in [0.25, 0.3) is 15.9 Å². The van der Waals surface area contributed by atoms with Gasteiger partial charge in [-0.3, -0.25) is 4.79 Å².